The van der Waals surface area contributed by atoms with Crippen LogP contribution in [0.15, 0.2) is 24.3 Å². The second-order valence-electron chi connectivity index (χ2n) is 10.4. The van der Waals surface area contributed by atoms with E-state index < -0.39 is 35.3 Å². The fourth-order valence-electron chi connectivity index (χ4n) is 2.93. The highest BCUT2D eigenvalue weighted by Gasteiger charge is 2.25. The average Bonchev–Trinajstić information content (AvgIpc) is 2.73. The molecule has 1 aromatic rings. The van der Waals surface area contributed by atoms with Gasteiger partial charge in [-0.05, 0) is 78.6 Å². The van der Waals surface area contributed by atoms with E-state index in [1.807, 2.05) is 0 Å². The first-order chi connectivity index (χ1) is 16.7. The number of hydrazine groups is 1. The Morgan fingerprint density at radius 2 is 1.42 bits per heavy atom. The van der Waals surface area contributed by atoms with E-state index in [0.29, 0.717) is 24.2 Å². The molecule has 0 saturated heterocycles. The van der Waals surface area contributed by atoms with Crippen molar-refractivity contribution in [2.24, 2.45) is 5.73 Å². The van der Waals surface area contributed by atoms with Crippen LogP contribution < -0.4 is 27.2 Å². The van der Waals surface area contributed by atoms with Crippen LogP contribution in [0.3, 0.4) is 0 Å². The highest BCUT2D eigenvalue weighted by Crippen LogP contribution is 2.15. The average molecular weight is 508 g/mol. The molecule has 4 amide bonds. The summed E-state index contributed by atoms with van der Waals surface area (Å²) in [4.78, 5) is 49.1. The molecular weight excluding hydrogens is 466 g/mol. The van der Waals surface area contributed by atoms with Gasteiger partial charge in [0, 0.05) is 18.5 Å². The maximum Gasteiger partial charge on any atom is 0.412 e. The van der Waals surface area contributed by atoms with Crippen molar-refractivity contribution in [2.45, 2.75) is 90.9 Å². The molecule has 11 nitrogen and oxygen atoms in total. The van der Waals surface area contributed by atoms with Gasteiger partial charge >= 0.3 is 12.2 Å². The summed E-state index contributed by atoms with van der Waals surface area (Å²) in [5.74, 6) is -0.943. The zero-order valence-corrected chi connectivity index (χ0v) is 22.2. The largest absolute Gasteiger partial charge is 0.444 e. The quantitative estimate of drug-likeness (QED) is 0.240. The Labute approximate surface area is 213 Å². The molecule has 0 bridgehead atoms. The van der Waals surface area contributed by atoms with Crippen molar-refractivity contribution in [1.29, 1.82) is 0 Å². The Morgan fingerprint density at radius 1 is 0.833 bits per heavy atom. The van der Waals surface area contributed by atoms with Crippen LogP contribution in [-0.2, 0) is 25.5 Å². The van der Waals surface area contributed by atoms with Crippen molar-refractivity contribution in [3.63, 3.8) is 0 Å². The van der Waals surface area contributed by atoms with E-state index in [9.17, 15) is 19.2 Å². The highest BCUT2D eigenvalue weighted by atomic mass is 16.6. The third kappa shape index (κ3) is 14.1. The van der Waals surface area contributed by atoms with E-state index in [1.165, 1.54) is 0 Å². The molecule has 0 fully saturated rings. The maximum absolute atomic E-state index is 12.8. The molecule has 1 rings (SSSR count). The monoisotopic (exact) mass is 507 g/mol. The van der Waals surface area contributed by atoms with Crippen LogP contribution >= 0.6 is 0 Å². The number of hydrogen-bond acceptors (Lipinski definition) is 7. The molecule has 0 aliphatic heterocycles. The number of hydrogen-bond donors (Lipinski definition) is 5. The summed E-state index contributed by atoms with van der Waals surface area (Å²) < 4.78 is 10.5. The summed E-state index contributed by atoms with van der Waals surface area (Å²) in [6, 6.07) is 5.71. The zero-order chi connectivity index (χ0) is 27.4. The Kier molecular flexibility index (Phi) is 12.2. The number of unbranched alkanes of at least 4 members (excludes halogenated alkanes) is 2. The Balaban J connectivity index is 2.80. The number of anilines is 1. The molecule has 1 atom stereocenters. The molecule has 0 heterocycles. The molecule has 0 radical (unpaired) electrons. The molecule has 36 heavy (non-hydrogen) atoms. The van der Waals surface area contributed by atoms with Crippen molar-refractivity contribution < 1.29 is 28.7 Å². The number of carbonyl (C=O) groups is 4. The summed E-state index contributed by atoms with van der Waals surface area (Å²) in [6.07, 6.45) is 1.31. The van der Waals surface area contributed by atoms with Crippen molar-refractivity contribution >= 4 is 29.7 Å². The number of amides is 4. The van der Waals surface area contributed by atoms with Gasteiger partial charge < -0.3 is 20.5 Å². The number of rotatable bonds is 10. The van der Waals surface area contributed by atoms with E-state index in [4.69, 9.17) is 15.2 Å². The normalized spacial score (nSPS) is 12.2. The van der Waals surface area contributed by atoms with Gasteiger partial charge in [-0.1, -0.05) is 18.6 Å². The highest BCUT2D eigenvalue weighted by molar-refractivity contribution is 5.88. The Hall–Kier alpha value is -3.34. The van der Waals surface area contributed by atoms with Crippen LogP contribution in [0.25, 0.3) is 0 Å². The molecule has 0 spiro atoms. The molecule has 0 aliphatic carbocycles. The lowest BCUT2D eigenvalue weighted by atomic mass is 10.1. The molecule has 0 saturated carbocycles. The predicted octanol–water partition coefficient (Wildman–Crippen LogP) is 3.14. The fraction of sp³-hybridized carbons (Fsp3) is 0.600. The molecule has 0 unspecified atom stereocenters. The zero-order valence-electron chi connectivity index (χ0n) is 22.2. The molecular formula is C25H41N5O6. The Bertz CT molecular complexity index is 874. The van der Waals surface area contributed by atoms with E-state index in [0.717, 1.165) is 12.8 Å². The minimum Gasteiger partial charge on any atom is -0.444 e. The second kappa shape index (κ2) is 14.3. The van der Waals surface area contributed by atoms with Gasteiger partial charge in [0.2, 0.25) is 5.91 Å². The van der Waals surface area contributed by atoms with E-state index in [-0.39, 0.29) is 18.7 Å². The van der Waals surface area contributed by atoms with Gasteiger partial charge in [0.05, 0.1) is 0 Å². The molecule has 1 aromatic carbocycles. The van der Waals surface area contributed by atoms with Gasteiger partial charge in [-0.3, -0.25) is 25.8 Å². The number of nitrogens with two attached hydrogens (primary N) is 1. The van der Waals surface area contributed by atoms with E-state index in [2.05, 4.69) is 21.5 Å². The first kappa shape index (κ1) is 30.7. The van der Waals surface area contributed by atoms with Crippen LogP contribution in [0, 0.1) is 0 Å². The first-order valence-corrected chi connectivity index (χ1v) is 12.1. The number of carbonyl (C=O) groups excluding carboxylic acids is 4. The van der Waals surface area contributed by atoms with E-state index >= 15 is 0 Å². The Morgan fingerprint density at radius 3 is 1.97 bits per heavy atom. The van der Waals surface area contributed by atoms with Gasteiger partial charge in [0.25, 0.3) is 5.91 Å². The van der Waals surface area contributed by atoms with Gasteiger partial charge in [0.1, 0.15) is 17.2 Å². The number of benzene rings is 1. The molecule has 202 valence electrons. The van der Waals surface area contributed by atoms with Gasteiger partial charge in [0.15, 0.2) is 0 Å². The lowest BCUT2D eigenvalue weighted by Gasteiger charge is -2.23. The first-order valence-electron chi connectivity index (χ1n) is 12.1. The van der Waals surface area contributed by atoms with E-state index in [1.54, 1.807) is 65.8 Å². The van der Waals surface area contributed by atoms with Gasteiger partial charge in [-0.25, -0.2) is 9.59 Å². The third-order valence-corrected chi connectivity index (χ3v) is 4.48. The van der Waals surface area contributed by atoms with Gasteiger partial charge in [-0.2, -0.15) is 0 Å². The number of nitrogens with one attached hydrogen (secondary N) is 4. The number of ether oxygens (including phenoxy) is 2. The topological polar surface area (TPSA) is 161 Å². The summed E-state index contributed by atoms with van der Waals surface area (Å²) in [7, 11) is 0. The maximum atomic E-state index is 12.8. The molecule has 11 heteroatoms. The van der Waals surface area contributed by atoms with Crippen molar-refractivity contribution in [1.82, 2.24) is 16.2 Å². The molecule has 6 N–H and O–H groups in total. The van der Waals surface area contributed by atoms with Crippen LogP contribution in [0.4, 0.5) is 15.3 Å². The summed E-state index contributed by atoms with van der Waals surface area (Å²) in [5.41, 5.74) is 10.0. The van der Waals surface area contributed by atoms with Crippen molar-refractivity contribution in [3.05, 3.63) is 29.8 Å². The van der Waals surface area contributed by atoms with Crippen LogP contribution in [0.2, 0.25) is 0 Å². The minimum atomic E-state index is -1.03. The van der Waals surface area contributed by atoms with Crippen molar-refractivity contribution in [2.75, 3.05) is 11.9 Å². The van der Waals surface area contributed by atoms with Crippen LogP contribution in [0.1, 0.15) is 72.8 Å². The minimum absolute atomic E-state index is 0.115. The summed E-state index contributed by atoms with van der Waals surface area (Å²) in [6.45, 7) is 11.0. The number of alkyl carbamates (subject to hydrolysis) is 1. The van der Waals surface area contributed by atoms with Crippen molar-refractivity contribution in [3.8, 4) is 0 Å². The summed E-state index contributed by atoms with van der Waals surface area (Å²) >= 11 is 0. The lowest BCUT2D eigenvalue weighted by Crippen LogP contribution is -2.53. The standard InChI is InChI=1S/C25H41N5O6/c1-24(2,3)35-22(33)27-18-13-11-17(12-14-18)16-19(28-23(34)36-25(4,5)6)21(32)30-29-20(31)10-8-7-9-15-26/h11-14,19H,7-10,15-16,26H2,1-6H3,(H,27,33)(H,28,34)(H,29,31)(H,30,32)/t19-/m1/s1. The lowest BCUT2D eigenvalue weighted by molar-refractivity contribution is -0.130. The molecule has 0 aromatic heterocycles. The van der Waals surface area contributed by atoms with Gasteiger partial charge in [-0.15, -0.1) is 0 Å². The molecule has 0 aliphatic rings. The van der Waals surface area contributed by atoms with Crippen LogP contribution in [0.5, 0.6) is 0 Å². The fourth-order valence-corrected chi connectivity index (χ4v) is 2.93. The predicted molar refractivity (Wildman–Crippen MR) is 137 cm³/mol. The SMILES string of the molecule is CC(C)(C)OC(=O)Nc1ccc(C[C@@H](NC(=O)OC(C)(C)C)C(=O)NNC(=O)CCCCCN)cc1. The third-order valence-electron chi connectivity index (χ3n) is 4.48. The van der Waals surface area contributed by atoms with Crippen LogP contribution in [-0.4, -0.2) is 47.8 Å². The summed E-state index contributed by atoms with van der Waals surface area (Å²) in [5, 5.41) is 5.18. The smallest absolute Gasteiger partial charge is 0.412 e. The second-order valence-corrected chi connectivity index (χ2v) is 10.4.